The molecule has 0 aromatic heterocycles. The van der Waals surface area contributed by atoms with Gasteiger partial charge < -0.3 is 10.2 Å². The maximum Gasteiger partial charge on any atom is 0.243 e. The number of benzene rings is 1. The molecule has 2 aliphatic heterocycles. The lowest BCUT2D eigenvalue weighted by atomic mass is 9.67. The van der Waals surface area contributed by atoms with E-state index in [1.165, 1.54) is 6.42 Å². The van der Waals surface area contributed by atoms with E-state index in [-0.39, 0.29) is 23.8 Å². The average Bonchev–Trinajstić information content (AvgIpc) is 3.15. The van der Waals surface area contributed by atoms with Gasteiger partial charge in [0.25, 0.3) is 0 Å². The van der Waals surface area contributed by atoms with Crippen LogP contribution in [-0.2, 0) is 14.8 Å². The minimum Gasteiger partial charge on any atom is -0.355 e. The van der Waals surface area contributed by atoms with Gasteiger partial charge in [0.05, 0.1) is 10.8 Å². The van der Waals surface area contributed by atoms with Gasteiger partial charge in [-0.1, -0.05) is 37.5 Å². The molecule has 7 nitrogen and oxygen atoms in total. The van der Waals surface area contributed by atoms with Crippen molar-refractivity contribution in [1.29, 1.82) is 0 Å². The standard InChI is InChI=1S/C23H36N4O3S/c1-25-14-16-26(17-15-25)13-12-24-22(28)21-18-27(19-23(21)10-6-3-7-11-23)31(29,30)20-8-4-2-5-9-20/h2,4-5,8-9,21H,3,6-7,10-19H2,1H3,(H,24,28). The van der Waals surface area contributed by atoms with Crippen molar-refractivity contribution >= 4 is 15.9 Å². The van der Waals surface area contributed by atoms with Crippen LogP contribution in [0.1, 0.15) is 32.1 Å². The molecule has 1 aromatic carbocycles. The number of hydrogen-bond acceptors (Lipinski definition) is 5. The summed E-state index contributed by atoms with van der Waals surface area (Å²) in [6.07, 6.45) is 5.19. The number of hydrogen-bond donors (Lipinski definition) is 1. The fourth-order valence-electron chi connectivity index (χ4n) is 5.50. The number of carbonyl (C=O) groups excluding carboxylic acids is 1. The first-order valence-corrected chi connectivity index (χ1v) is 13.1. The number of rotatable bonds is 6. The molecule has 1 spiro atoms. The Bertz CT molecular complexity index is 847. The van der Waals surface area contributed by atoms with Crippen molar-refractivity contribution < 1.29 is 13.2 Å². The van der Waals surface area contributed by atoms with Crippen LogP contribution in [0.25, 0.3) is 0 Å². The van der Waals surface area contributed by atoms with Gasteiger partial charge in [0.15, 0.2) is 0 Å². The SMILES string of the molecule is CN1CCN(CCNC(=O)C2CN(S(=O)(=O)c3ccccc3)CC23CCCCC3)CC1. The largest absolute Gasteiger partial charge is 0.355 e. The molecule has 1 N–H and O–H groups in total. The predicted octanol–water partition coefficient (Wildman–Crippen LogP) is 1.62. The van der Waals surface area contributed by atoms with Crippen molar-refractivity contribution in [3.8, 4) is 0 Å². The van der Waals surface area contributed by atoms with E-state index in [1.54, 1.807) is 28.6 Å². The lowest BCUT2D eigenvalue weighted by Gasteiger charge is -2.37. The summed E-state index contributed by atoms with van der Waals surface area (Å²) in [5, 5.41) is 3.15. The summed E-state index contributed by atoms with van der Waals surface area (Å²) >= 11 is 0. The van der Waals surface area contributed by atoms with Crippen LogP contribution in [0.3, 0.4) is 0 Å². The van der Waals surface area contributed by atoms with E-state index in [1.807, 2.05) is 6.07 Å². The van der Waals surface area contributed by atoms with Crippen LogP contribution in [0.15, 0.2) is 35.2 Å². The molecule has 2 heterocycles. The minimum absolute atomic E-state index is 0.0294. The number of nitrogens with one attached hydrogen (secondary N) is 1. The molecule has 1 aliphatic carbocycles. The summed E-state index contributed by atoms with van der Waals surface area (Å²) < 4.78 is 28.1. The third-order valence-corrected chi connectivity index (χ3v) is 9.31. The Morgan fingerprint density at radius 3 is 2.42 bits per heavy atom. The molecule has 1 atom stereocenters. The highest BCUT2D eigenvalue weighted by molar-refractivity contribution is 7.89. The molecule has 1 unspecified atom stereocenters. The molecule has 8 heteroatoms. The van der Waals surface area contributed by atoms with Gasteiger partial charge in [-0.05, 0) is 37.4 Å². The van der Waals surface area contributed by atoms with E-state index in [0.717, 1.165) is 58.4 Å². The number of amides is 1. The molecule has 31 heavy (non-hydrogen) atoms. The van der Waals surface area contributed by atoms with Crippen molar-refractivity contribution in [2.75, 3.05) is 59.4 Å². The Labute approximate surface area is 186 Å². The van der Waals surface area contributed by atoms with Gasteiger partial charge in [0.1, 0.15) is 0 Å². The fourth-order valence-corrected chi connectivity index (χ4v) is 7.07. The highest BCUT2D eigenvalue weighted by Gasteiger charge is 2.53. The van der Waals surface area contributed by atoms with E-state index in [0.29, 0.717) is 18.0 Å². The number of piperazine rings is 1. The molecule has 172 valence electrons. The summed E-state index contributed by atoms with van der Waals surface area (Å²) in [7, 11) is -1.45. The summed E-state index contributed by atoms with van der Waals surface area (Å²) in [4.78, 5) is 18.3. The minimum atomic E-state index is -3.58. The molecule has 0 bridgehead atoms. The van der Waals surface area contributed by atoms with Gasteiger partial charge in [-0.3, -0.25) is 9.69 Å². The van der Waals surface area contributed by atoms with E-state index in [2.05, 4.69) is 22.2 Å². The maximum absolute atomic E-state index is 13.3. The van der Waals surface area contributed by atoms with E-state index in [9.17, 15) is 13.2 Å². The molecule has 1 aromatic rings. The monoisotopic (exact) mass is 448 g/mol. The molecular formula is C23H36N4O3S. The molecule has 3 aliphatic rings. The van der Waals surface area contributed by atoms with Crippen molar-refractivity contribution in [3.63, 3.8) is 0 Å². The predicted molar refractivity (Wildman–Crippen MR) is 121 cm³/mol. The maximum atomic E-state index is 13.3. The molecule has 0 radical (unpaired) electrons. The Kier molecular flexibility index (Phi) is 7.01. The zero-order valence-electron chi connectivity index (χ0n) is 18.6. The van der Waals surface area contributed by atoms with Gasteiger partial charge in [-0.15, -0.1) is 0 Å². The first-order chi connectivity index (χ1) is 14.9. The highest BCUT2D eigenvalue weighted by Crippen LogP contribution is 2.48. The number of nitrogens with zero attached hydrogens (tertiary/aromatic N) is 3. The average molecular weight is 449 g/mol. The molecule has 3 fully saturated rings. The van der Waals surface area contributed by atoms with Crippen molar-refractivity contribution in [2.45, 2.75) is 37.0 Å². The van der Waals surface area contributed by atoms with Crippen LogP contribution < -0.4 is 5.32 Å². The third-order valence-electron chi connectivity index (χ3n) is 7.49. The van der Waals surface area contributed by atoms with E-state index < -0.39 is 10.0 Å². The van der Waals surface area contributed by atoms with Crippen molar-refractivity contribution in [2.24, 2.45) is 11.3 Å². The van der Waals surface area contributed by atoms with Crippen molar-refractivity contribution in [1.82, 2.24) is 19.4 Å². The zero-order chi connectivity index (χ0) is 21.9. The van der Waals surface area contributed by atoms with Crippen LogP contribution in [0, 0.1) is 11.3 Å². The summed E-state index contributed by atoms with van der Waals surface area (Å²) in [5.41, 5.74) is -0.224. The third kappa shape index (κ3) is 4.97. The van der Waals surface area contributed by atoms with Gasteiger partial charge >= 0.3 is 0 Å². The zero-order valence-corrected chi connectivity index (χ0v) is 19.4. The van der Waals surface area contributed by atoms with Gasteiger partial charge in [0, 0.05) is 52.4 Å². The lowest BCUT2D eigenvalue weighted by Crippen LogP contribution is -2.48. The summed E-state index contributed by atoms with van der Waals surface area (Å²) in [6, 6.07) is 8.62. The van der Waals surface area contributed by atoms with Crippen LogP contribution in [-0.4, -0.2) is 87.8 Å². The smallest absolute Gasteiger partial charge is 0.243 e. The quantitative estimate of drug-likeness (QED) is 0.716. The fraction of sp³-hybridized carbons (Fsp3) is 0.696. The summed E-state index contributed by atoms with van der Waals surface area (Å²) in [5.74, 6) is -0.236. The first kappa shape index (κ1) is 22.7. The Hall–Kier alpha value is -1.48. The van der Waals surface area contributed by atoms with Crippen LogP contribution in [0.2, 0.25) is 0 Å². The highest BCUT2D eigenvalue weighted by atomic mass is 32.2. The lowest BCUT2D eigenvalue weighted by molar-refractivity contribution is -0.128. The van der Waals surface area contributed by atoms with E-state index >= 15 is 0 Å². The Morgan fingerprint density at radius 2 is 1.74 bits per heavy atom. The van der Waals surface area contributed by atoms with Crippen LogP contribution >= 0.6 is 0 Å². The second-order valence-corrected chi connectivity index (χ2v) is 11.5. The van der Waals surface area contributed by atoms with Gasteiger partial charge in [-0.2, -0.15) is 4.31 Å². The Balaban J connectivity index is 1.43. The second kappa shape index (κ2) is 9.57. The van der Waals surface area contributed by atoms with Gasteiger partial charge in [0.2, 0.25) is 15.9 Å². The normalized spacial score (nSPS) is 25.6. The Morgan fingerprint density at radius 1 is 1.06 bits per heavy atom. The summed E-state index contributed by atoms with van der Waals surface area (Å²) in [6.45, 7) is 6.41. The van der Waals surface area contributed by atoms with Crippen LogP contribution in [0.5, 0.6) is 0 Å². The topological polar surface area (TPSA) is 73.0 Å². The number of carbonyl (C=O) groups is 1. The molecule has 1 amide bonds. The van der Waals surface area contributed by atoms with E-state index in [4.69, 9.17) is 0 Å². The number of likely N-dealkylation sites (N-methyl/N-ethyl adjacent to an activating group) is 1. The van der Waals surface area contributed by atoms with Crippen LogP contribution in [0.4, 0.5) is 0 Å². The van der Waals surface area contributed by atoms with Crippen molar-refractivity contribution in [3.05, 3.63) is 30.3 Å². The molecular weight excluding hydrogens is 412 g/mol. The number of sulfonamides is 1. The van der Waals surface area contributed by atoms with Gasteiger partial charge in [-0.25, -0.2) is 8.42 Å². The molecule has 2 saturated heterocycles. The molecule has 1 saturated carbocycles. The first-order valence-electron chi connectivity index (χ1n) is 11.6. The molecule has 4 rings (SSSR count). The second-order valence-electron chi connectivity index (χ2n) is 9.52.